The van der Waals surface area contributed by atoms with Gasteiger partial charge in [0.2, 0.25) is 0 Å². The van der Waals surface area contributed by atoms with Crippen LogP contribution >= 0.6 is 21.0 Å². The van der Waals surface area contributed by atoms with E-state index >= 15 is 0 Å². The molecule has 0 N–H and O–H groups in total. The lowest BCUT2D eigenvalue weighted by Crippen LogP contribution is -2.34. The number of hydrogen-bond acceptors (Lipinski definition) is 2. The molecule has 32 heavy (non-hydrogen) atoms. The molecule has 3 aromatic rings. The Morgan fingerprint density at radius 3 is 2.56 bits per heavy atom. The molecule has 0 spiro atoms. The zero-order valence-electron chi connectivity index (χ0n) is 19.7. The van der Waals surface area contributed by atoms with Crippen molar-refractivity contribution in [3.63, 3.8) is 0 Å². The number of fused-ring (bicyclic) bond motifs is 4. The predicted octanol–water partition coefficient (Wildman–Crippen LogP) is 7.50. The van der Waals surface area contributed by atoms with E-state index in [1.165, 1.54) is 58.2 Å². The second-order valence-corrected chi connectivity index (χ2v) is 12.1. The molecule has 0 atom stereocenters. The Morgan fingerprint density at radius 1 is 0.938 bits per heavy atom. The maximum Gasteiger partial charge on any atom is 0.0500 e. The summed E-state index contributed by atoms with van der Waals surface area (Å²) in [7, 11) is 0. The van der Waals surface area contributed by atoms with Crippen LogP contribution in [-0.2, 0) is 11.8 Å². The Kier molecular flexibility index (Phi) is 5.87. The lowest BCUT2D eigenvalue weighted by molar-refractivity contribution is 0.707. The van der Waals surface area contributed by atoms with E-state index in [2.05, 4.69) is 102 Å². The van der Waals surface area contributed by atoms with Crippen LogP contribution in [0.15, 0.2) is 60.7 Å². The molecule has 0 radical (unpaired) electrons. The van der Waals surface area contributed by atoms with Gasteiger partial charge in [-0.3, -0.25) is 0 Å². The Bertz CT molecular complexity index is 1220. The maximum atomic E-state index is 2.64. The Labute approximate surface area is 203 Å². The summed E-state index contributed by atoms with van der Waals surface area (Å²) in [4.78, 5) is 2.51. The first-order valence-corrected chi connectivity index (χ1v) is 14.0. The molecular formula is C29H33IN2. The van der Waals surface area contributed by atoms with Gasteiger partial charge >= 0.3 is 0 Å². The molecule has 0 saturated carbocycles. The smallest absolute Gasteiger partial charge is 0.0500 e. The van der Waals surface area contributed by atoms with Crippen LogP contribution in [-0.4, -0.2) is 23.1 Å². The van der Waals surface area contributed by atoms with Gasteiger partial charge in [-0.2, -0.15) is 0 Å². The number of hydrogen-bond donors (Lipinski definition) is 0. The molecule has 3 aromatic carbocycles. The second kappa shape index (κ2) is 8.66. The van der Waals surface area contributed by atoms with E-state index < -0.39 is 0 Å². The number of anilines is 2. The van der Waals surface area contributed by atoms with Crippen molar-refractivity contribution in [1.29, 1.82) is 0 Å². The first-order chi connectivity index (χ1) is 15.5. The van der Waals surface area contributed by atoms with Gasteiger partial charge in [-0.1, -0.05) is 62.4 Å². The monoisotopic (exact) mass is 536 g/mol. The molecule has 0 bridgehead atoms. The van der Waals surface area contributed by atoms with E-state index in [4.69, 9.17) is 0 Å². The fourth-order valence-electron chi connectivity index (χ4n) is 5.26. The fourth-order valence-corrected chi connectivity index (χ4v) is 8.11. The van der Waals surface area contributed by atoms with Crippen LogP contribution in [0.5, 0.6) is 0 Å². The van der Waals surface area contributed by atoms with E-state index in [-0.39, 0.29) is 26.4 Å². The molecule has 0 unspecified atom stereocenters. The van der Waals surface area contributed by atoms with Gasteiger partial charge in [-0.05, 0) is 72.4 Å². The lowest BCUT2D eigenvalue weighted by atomic mass is 9.77. The molecule has 5 rings (SSSR count). The first-order valence-electron chi connectivity index (χ1n) is 11.9. The van der Waals surface area contributed by atoms with E-state index in [1.807, 2.05) is 0 Å². The van der Waals surface area contributed by atoms with Crippen LogP contribution in [0.2, 0.25) is 0 Å². The Balaban J connectivity index is 1.54. The zero-order valence-corrected chi connectivity index (χ0v) is 21.8. The summed E-state index contributed by atoms with van der Waals surface area (Å²) in [6.07, 6.45) is 7.28. The average molecular weight is 537 g/mol. The standard InChI is InChI=1S/C29H33IN2/c1-5-31-19-9-11-23-20-21(13-16-25(23)31)14-18-27-29(3,4)28-24-12-8-7-10-22(24)15-17-26(28)32(6-2)30-27/h7-8,10,12-18,20H,5-6,9,11,19H2,1-4H3. The van der Waals surface area contributed by atoms with E-state index in [1.54, 1.807) is 3.51 Å². The number of halogens is 1. The van der Waals surface area contributed by atoms with Gasteiger partial charge in [0.05, 0.1) is 5.69 Å². The molecule has 2 aliphatic heterocycles. The summed E-state index contributed by atoms with van der Waals surface area (Å²) in [5.41, 5.74) is 7.25. The summed E-state index contributed by atoms with van der Waals surface area (Å²) < 4.78 is 4.23. The highest BCUT2D eigenvalue weighted by atomic mass is 127. The highest BCUT2D eigenvalue weighted by molar-refractivity contribution is 14.2. The average Bonchev–Trinajstić information content (AvgIpc) is 2.82. The lowest BCUT2D eigenvalue weighted by Gasteiger charge is -2.38. The van der Waals surface area contributed by atoms with Crippen molar-refractivity contribution in [2.75, 3.05) is 27.6 Å². The molecule has 2 nitrogen and oxygen atoms in total. The van der Waals surface area contributed by atoms with Crippen LogP contribution in [0.4, 0.5) is 11.4 Å². The van der Waals surface area contributed by atoms with Crippen molar-refractivity contribution in [2.45, 2.75) is 46.0 Å². The summed E-state index contributed by atoms with van der Waals surface area (Å²) in [5.74, 6) is 0. The molecule has 2 aliphatic rings. The molecular weight excluding hydrogens is 503 g/mol. The third kappa shape index (κ3) is 3.68. The topological polar surface area (TPSA) is 6.48 Å². The number of benzene rings is 3. The third-order valence-corrected chi connectivity index (χ3v) is 11.0. The summed E-state index contributed by atoms with van der Waals surface area (Å²) >= 11 is -0.216. The molecule has 2 heterocycles. The predicted molar refractivity (Wildman–Crippen MR) is 151 cm³/mol. The van der Waals surface area contributed by atoms with Gasteiger partial charge in [0.15, 0.2) is 0 Å². The molecule has 0 aromatic heterocycles. The van der Waals surface area contributed by atoms with E-state index in [0.29, 0.717) is 0 Å². The van der Waals surface area contributed by atoms with Gasteiger partial charge < -0.3 is 8.01 Å². The number of nitrogens with zero attached hydrogens (tertiary/aromatic N) is 2. The normalized spacial score (nSPS) is 17.7. The molecule has 166 valence electrons. The van der Waals surface area contributed by atoms with Gasteiger partial charge in [0.1, 0.15) is 0 Å². The molecule has 0 amide bonds. The summed E-state index contributed by atoms with van der Waals surface area (Å²) in [5, 5.41) is 2.74. The van der Waals surface area contributed by atoms with Crippen molar-refractivity contribution in [3.8, 4) is 0 Å². The van der Waals surface area contributed by atoms with Crippen LogP contribution in [0.1, 0.15) is 50.8 Å². The van der Waals surface area contributed by atoms with E-state index in [0.717, 1.165) is 13.1 Å². The largest absolute Gasteiger partial charge is 0.372 e. The van der Waals surface area contributed by atoms with Crippen molar-refractivity contribution >= 4 is 52.7 Å². The maximum absolute atomic E-state index is 2.64. The second-order valence-electron chi connectivity index (χ2n) is 9.32. The molecule has 3 heteroatoms. The highest BCUT2D eigenvalue weighted by Crippen LogP contribution is 2.46. The minimum atomic E-state index is -0.216. The molecule has 0 fully saturated rings. The van der Waals surface area contributed by atoms with E-state index in [9.17, 15) is 0 Å². The number of allylic oxidation sites excluding steroid dienone is 1. The Hall–Kier alpha value is -2.14. The van der Waals surface area contributed by atoms with Gasteiger partial charge in [-0.25, -0.2) is 0 Å². The summed E-state index contributed by atoms with van der Waals surface area (Å²) in [6.45, 7) is 12.8. The van der Waals surface area contributed by atoms with Crippen LogP contribution < -0.4 is 8.01 Å². The first kappa shape index (κ1) is 21.7. The Morgan fingerprint density at radius 2 is 1.75 bits per heavy atom. The quantitative estimate of drug-likeness (QED) is 0.252. The van der Waals surface area contributed by atoms with Crippen LogP contribution in [0.3, 0.4) is 0 Å². The minimum absolute atomic E-state index is 0.0405. The molecule has 0 aliphatic carbocycles. The third-order valence-electron chi connectivity index (χ3n) is 6.98. The number of aryl methyl sites for hydroxylation is 1. The highest BCUT2D eigenvalue weighted by Gasteiger charge is 2.34. The SMILES string of the molecule is CCN1CCCc2cc(C=CC3=IN(CC)c4ccc5ccccc5c4C3(C)C)ccc21. The molecule has 0 saturated heterocycles. The number of rotatable bonds is 4. The van der Waals surface area contributed by atoms with Crippen molar-refractivity contribution in [2.24, 2.45) is 0 Å². The zero-order chi connectivity index (χ0) is 22.3. The minimum Gasteiger partial charge on any atom is -0.372 e. The van der Waals surface area contributed by atoms with Crippen LogP contribution in [0.25, 0.3) is 16.8 Å². The van der Waals surface area contributed by atoms with Crippen LogP contribution in [0, 0.1) is 0 Å². The van der Waals surface area contributed by atoms with Gasteiger partial charge in [0, 0.05) is 55.2 Å². The van der Waals surface area contributed by atoms with Gasteiger partial charge in [-0.15, -0.1) is 0 Å². The van der Waals surface area contributed by atoms with Crippen molar-refractivity contribution in [1.82, 2.24) is 0 Å². The van der Waals surface area contributed by atoms with Gasteiger partial charge in [0.25, 0.3) is 0 Å². The summed E-state index contributed by atoms with van der Waals surface area (Å²) in [6, 6.07) is 20.6. The van der Waals surface area contributed by atoms with Crippen molar-refractivity contribution < 1.29 is 0 Å². The van der Waals surface area contributed by atoms with Crippen molar-refractivity contribution in [3.05, 3.63) is 77.4 Å². The fraction of sp³-hybridized carbons (Fsp3) is 0.345.